The van der Waals surface area contributed by atoms with Crippen LogP contribution >= 0.6 is 0 Å². The first-order valence-electron chi connectivity index (χ1n) is 17.1. The molecule has 0 unspecified atom stereocenters. The van der Waals surface area contributed by atoms with Crippen LogP contribution in [0.25, 0.3) is 89.7 Å². The third-order valence-corrected chi connectivity index (χ3v) is 9.83. The summed E-state index contributed by atoms with van der Waals surface area (Å²) in [6.45, 7) is 0. The Kier molecular flexibility index (Phi) is 6.94. The van der Waals surface area contributed by atoms with E-state index in [9.17, 15) is 0 Å². The number of rotatable bonds is 4. The molecule has 0 fully saturated rings. The summed E-state index contributed by atoms with van der Waals surface area (Å²) < 4.78 is 0. The van der Waals surface area contributed by atoms with E-state index in [-0.39, 0.29) is 0 Å². The molecule has 9 rings (SSSR count). The molecule has 52 heavy (non-hydrogen) atoms. The molecule has 3 aromatic heterocycles. The number of nitrogens with one attached hydrogen (secondary N) is 2. The van der Waals surface area contributed by atoms with Gasteiger partial charge in [-0.05, 0) is 72.8 Å². The molecule has 4 aromatic carbocycles. The minimum absolute atomic E-state index is 0.570. The van der Waals surface area contributed by atoms with Crippen molar-refractivity contribution in [1.82, 2.24) is 39.9 Å². The molecule has 0 saturated carbocycles. The van der Waals surface area contributed by atoms with Crippen LogP contribution in [0.4, 0.5) is 22.7 Å². The highest BCUT2D eigenvalue weighted by Crippen LogP contribution is 2.40. The third-order valence-electron chi connectivity index (χ3n) is 9.83. The molecule has 5 heterocycles. The Balaban J connectivity index is 1.47. The first kappa shape index (κ1) is 31.4. The highest BCUT2D eigenvalue weighted by molar-refractivity contribution is 6.08. The van der Waals surface area contributed by atoms with Gasteiger partial charge in [0, 0.05) is 123 Å². The molecule has 258 valence electrons. The molecule has 2 N–H and O–H groups in total. The molecule has 7 aromatic rings. The lowest BCUT2D eigenvalue weighted by Crippen LogP contribution is -2.08. The molecule has 0 amide bonds. The molecule has 0 atom stereocenters. The molecule has 0 saturated heterocycles. The second-order valence-corrected chi connectivity index (χ2v) is 14.1. The second-order valence-electron chi connectivity index (χ2n) is 14.1. The second kappa shape index (κ2) is 11.5. The average molecular weight is 687 g/mol. The summed E-state index contributed by atoms with van der Waals surface area (Å²) in [6.07, 6.45) is 0. The first-order chi connectivity index (χ1) is 25.0. The molecular weight excluding hydrogens is 649 g/mol. The number of hydrogen-bond acceptors (Lipinski definition) is 10. The van der Waals surface area contributed by atoms with Crippen molar-refractivity contribution < 1.29 is 0 Å². The highest BCUT2D eigenvalue weighted by atomic mass is 15.1. The number of aromatic amines is 2. The zero-order valence-electron chi connectivity index (χ0n) is 30.4. The fourth-order valence-electron chi connectivity index (χ4n) is 6.86. The van der Waals surface area contributed by atoms with E-state index in [1.165, 1.54) is 0 Å². The van der Waals surface area contributed by atoms with Gasteiger partial charge >= 0.3 is 0 Å². The van der Waals surface area contributed by atoms with Crippen molar-refractivity contribution in [3.05, 3.63) is 72.8 Å². The molecule has 0 radical (unpaired) electrons. The van der Waals surface area contributed by atoms with Gasteiger partial charge in [-0.1, -0.05) is 0 Å². The highest BCUT2D eigenvalue weighted by Gasteiger charge is 2.24. The van der Waals surface area contributed by atoms with Gasteiger partial charge in [0.2, 0.25) is 0 Å². The van der Waals surface area contributed by atoms with E-state index in [0.717, 1.165) is 66.5 Å². The van der Waals surface area contributed by atoms with Crippen LogP contribution in [0, 0.1) is 0 Å². The van der Waals surface area contributed by atoms with E-state index in [2.05, 4.69) is 102 Å². The topological polar surface area (TPSA) is 122 Å². The molecule has 0 spiro atoms. The first-order valence-corrected chi connectivity index (χ1v) is 17.1. The maximum Gasteiger partial charge on any atom is 0.164 e. The summed E-state index contributed by atoms with van der Waals surface area (Å²) >= 11 is 0. The summed E-state index contributed by atoms with van der Waals surface area (Å²) in [5.41, 5.74) is 10.4. The number of aromatic nitrogens is 8. The predicted molar refractivity (Wildman–Crippen MR) is 213 cm³/mol. The van der Waals surface area contributed by atoms with Crippen molar-refractivity contribution in [2.24, 2.45) is 0 Å². The van der Waals surface area contributed by atoms with Crippen molar-refractivity contribution in [2.45, 2.75) is 0 Å². The Bertz CT molecular complexity index is 2580. The average Bonchev–Trinajstić information content (AvgIpc) is 3.85. The predicted octanol–water partition coefficient (Wildman–Crippen LogP) is 7.13. The summed E-state index contributed by atoms with van der Waals surface area (Å²) in [5, 5.41) is 3.72. The Morgan fingerprint density at radius 2 is 0.635 bits per heavy atom. The van der Waals surface area contributed by atoms with Crippen molar-refractivity contribution in [3.63, 3.8) is 0 Å². The quantitative estimate of drug-likeness (QED) is 0.198. The van der Waals surface area contributed by atoms with Crippen LogP contribution in [0.5, 0.6) is 0 Å². The summed E-state index contributed by atoms with van der Waals surface area (Å²) in [5.74, 6) is 2.28. The summed E-state index contributed by atoms with van der Waals surface area (Å²) in [6, 6.07) is 25.2. The number of nitrogens with zero attached hydrogens (tertiary/aromatic N) is 10. The maximum absolute atomic E-state index is 5.21. The maximum atomic E-state index is 5.21. The van der Waals surface area contributed by atoms with Crippen LogP contribution in [-0.4, -0.2) is 96.3 Å². The molecule has 2 aliphatic rings. The summed E-state index contributed by atoms with van der Waals surface area (Å²) in [4.78, 5) is 46.5. The molecular formula is C40H38N12. The fraction of sp³-hybridized carbons (Fsp3) is 0.200. The Morgan fingerprint density at radius 1 is 0.327 bits per heavy atom. The monoisotopic (exact) mass is 686 g/mol. The number of fused-ring (bicyclic) bond motifs is 20. The van der Waals surface area contributed by atoms with E-state index < -0.39 is 0 Å². The molecule has 2 aliphatic heterocycles. The largest absolute Gasteiger partial charge is 0.378 e. The van der Waals surface area contributed by atoms with E-state index in [0.29, 0.717) is 45.9 Å². The lowest BCUT2D eigenvalue weighted by Gasteiger charge is -2.13. The van der Waals surface area contributed by atoms with Gasteiger partial charge in [-0.3, -0.25) is 0 Å². The Morgan fingerprint density at radius 3 is 1.00 bits per heavy atom. The lowest BCUT2D eigenvalue weighted by molar-refractivity contribution is 1.13. The molecule has 0 aliphatic carbocycles. The molecule has 8 bridgehead atoms. The van der Waals surface area contributed by atoms with E-state index in [1.807, 2.05) is 56.4 Å². The van der Waals surface area contributed by atoms with Gasteiger partial charge in [0.05, 0.1) is 0 Å². The minimum Gasteiger partial charge on any atom is -0.378 e. The van der Waals surface area contributed by atoms with Gasteiger partial charge in [-0.2, -0.15) is 0 Å². The van der Waals surface area contributed by atoms with Crippen LogP contribution < -0.4 is 19.6 Å². The number of hydrogen-bond donors (Lipinski definition) is 2. The van der Waals surface area contributed by atoms with Crippen LogP contribution in [0.2, 0.25) is 0 Å². The minimum atomic E-state index is 0.570. The van der Waals surface area contributed by atoms with Gasteiger partial charge in [-0.25, -0.2) is 29.9 Å². The van der Waals surface area contributed by atoms with E-state index >= 15 is 0 Å². The van der Waals surface area contributed by atoms with Crippen molar-refractivity contribution in [2.75, 3.05) is 76.0 Å². The van der Waals surface area contributed by atoms with Crippen LogP contribution in [-0.2, 0) is 0 Å². The number of H-pyrrole nitrogens is 2. The Hall–Kier alpha value is -6.56. The standard InChI is InChI=1S/C40H38N12/c1-49(2)21-9-13-25-29(17-21)37-41-33(25)46-38-31-19-23(51(5)6)11-15-27(31)35(43-38)48-40-32-20-24(52(7)8)12-16-28(32)36(44-40)47-39-30-18-22(50(3)4)10-14-26(30)34(42-39)45-37/h9-20H,1-8H3,(H2,41,42,43,44,45,46,47,48). The van der Waals surface area contributed by atoms with Gasteiger partial charge in [0.25, 0.3) is 0 Å². The van der Waals surface area contributed by atoms with Crippen LogP contribution in [0.3, 0.4) is 0 Å². The molecule has 12 nitrogen and oxygen atoms in total. The van der Waals surface area contributed by atoms with E-state index in [1.54, 1.807) is 0 Å². The van der Waals surface area contributed by atoms with Crippen LogP contribution in [0.15, 0.2) is 72.8 Å². The smallest absolute Gasteiger partial charge is 0.164 e. The molecule has 12 heteroatoms. The van der Waals surface area contributed by atoms with Crippen molar-refractivity contribution >= 4 is 66.9 Å². The SMILES string of the molecule is CN(C)c1ccc2c(c1)-c1nc-2nc2[nH]c(nc3nc(nc4[nH]c(n1)c1ccc(N(C)C)cc41)-c1ccc(N(C)C)cc1-3)c1ccc(N(C)C)cc21. The Labute approximate surface area is 300 Å². The normalized spacial score (nSPS) is 11.8. The van der Waals surface area contributed by atoms with Gasteiger partial charge in [-0.15, -0.1) is 0 Å². The van der Waals surface area contributed by atoms with Crippen LogP contribution in [0.1, 0.15) is 0 Å². The summed E-state index contributed by atoms with van der Waals surface area (Å²) in [7, 11) is 16.2. The lowest BCUT2D eigenvalue weighted by atomic mass is 10.1. The van der Waals surface area contributed by atoms with Crippen molar-refractivity contribution in [3.8, 4) is 45.6 Å². The van der Waals surface area contributed by atoms with Gasteiger partial charge < -0.3 is 29.6 Å². The van der Waals surface area contributed by atoms with Gasteiger partial charge in [0.1, 0.15) is 22.6 Å². The van der Waals surface area contributed by atoms with Gasteiger partial charge in [0.15, 0.2) is 23.3 Å². The third kappa shape index (κ3) is 4.97. The number of anilines is 4. The zero-order chi connectivity index (χ0) is 36.0. The zero-order valence-corrected chi connectivity index (χ0v) is 30.4. The van der Waals surface area contributed by atoms with E-state index in [4.69, 9.17) is 29.9 Å². The number of benzene rings is 4. The van der Waals surface area contributed by atoms with Crippen molar-refractivity contribution in [1.29, 1.82) is 0 Å². The fourth-order valence-corrected chi connectivity index (χ4v) is 6.86.